The number of carbonyl (C=O) groups excluding carboxylic acids is 1. The first-order valence-electron chi connectivity index (χ1n) is 7.79. The molecule has 1 N–H and O–H groups in total. The molecule has 5 nitrogen and oxygen atoms in total. The molecule has 2 aromatic rings. The number of aryl methyl sites for hydroxylation is 1. The van der Waals surface area contributed by atoms with Crippen LogP contribution in [0.5, 0.6) is 5.75 Å². The average molecular weight is 331 g/mol. The molecular weight excluding hydrogens is 310 g/mol. The fourth-order valence-corrected chi connectivity index (χ4v) is 3.26. The van der Waals surface area contributed by atoms with Crippen molar-refractivity contribution in [2.24, 2.45) is 0 Å². The largest absolute Gasteiger partial charge is 0.487 e. The third-order valence-electron chi connectivity index (χ3n) is 3.90. The van der Waals surface area contributed by atoms with Crippen LogP contribution in [-0.2, 0) is 6.61 Å². The highest BCUT2D eigenvalue weighted by atomic mass is 32.1. The van der Waals surface area contributed by atoms with E-state index in [9.17, 15) is 4.79 Å². The zero-order chi connectivity index (χ0) is 16.2. The van der Waals surface area contributed by atoms with Crippen LogP contribution in [0.25, 0.3) is 0 Å². The summed E-state index contributed by atoms with van der Waals surface area (Å²) in [6.07, 6.45) is 0. The van der Waals surface area contributed by atoms with Gasteiger partial charge in [0.15, 0.2) is 0 Å². The van der Waals surface area contributed by atoms with E-state index in [4.69, 9.17) is 4.74 Å². The highest BCUT2D eigenvalue weighted by Crippen LogP contribution is 2.18. The maximum atomic E-state index is 12.7. The topological polar surface area (TPSA) is 54.5 Å². The van der Waals surface area contributed by atoms with Crippen molar-refractivity contribution in [1.82, 2.24) is 15.2 Å². The van der Waals surface area contributed by atoms with Crippen molar-refractivity contribution in [3.05, 3.63) is 45.9 Å². The minimum Gasteiger partial charge on any atom is -0.487 e. The van der Waals surface area contributed by atoms with E-state index in [1.165, 1.54) is 0 Å². The van der Waals surface area contributed by atoms with Crippen molar-refractivity contribution in [2.75, 3.05) is 19.6 Å². The molecular formula is C17H21N3O2S. The number of aromatic nitrogens is 1. The van der Waals surface area contributed by atoms with Crippen molar-refractivity contribution in [3.8, 4) is 5.75 Å². The van der Waals surface area contributed by atoms with Crippen LogP contribution in [0.2, 0.25) is 0 Å². The van der Waals surface area contributed by atoms with Gasteiger partial charge in [-0.2, -0.15) is 0 Å². The Labute approximate surface area is 140 Å². The van der Waals surface area contributed by atoms with Gasteiger partial charge in [0.1, 0.15) is 12.4 Å². The quantitative estimate of drug-likeness (QED) is 0.935. The molecule has 3 rings (SSSR count). The van der Waals surface area contributed by atoms with Crippen LogP contribution in [0, 0.1) is 6.92 Å². The lowest BCUT2D eigenvalue weighted by atomic mass is 10.1. The molecule has 1 fully saturated rings. The van der Waals surface area contributed by atoms with Crippen molar-refractivity contribution >= 4 is 17.2 Å². The maximum Gasteiger partial charge on any atom is 0.254 e. The summed E-state index contributed by atoms with van der Waals surface area (Å²) < 4.78 is 5.77. The minimum atomic E-state index is 0.0638. The van der Waals surface area contributed by atoms with Crippen LogP contribution in [0.1, 0.15) is 28.0 Å². The van der Waals surface area contributed by atoms with Crippen molar-refractivity contribution in [1.29, 1.82) is 0 Å². The average Bonchev–Trinajstić information content (AvgIpc) is 2.98. The second kappa shape index (κ2) is 7.10. The summed E-state index contributed by atoms with van der Waals surface area (Å²) in [5.74, 6) is 0.762. The van der Waals surface area contributed by atoms with Gasteiger partial charge in [0.2, 0.25) is 0 Å². The second-order valence-electron chi connectivity index (χ2n) is 5.73. The summed E-state index contributed by atoms with van der Waals surface area (Å²) in [6, 6.07) is 7.60. The SMILES string of the molecule is Cc1nc(COc2cccc(C(=O)N3CCNC[C@H]3C)c2)cs1. The zero-order valence-corrected chi connectivity index (χ0v) is 14.2. The van der Waals surface area contributed by atoms with E-state index in [0.717, 1.165) is 30.3 Å². The first-order chi connectivity index (χ1) is 11.1. The normalized spacial score (nSPS) is 18.0. The van der Waals surface area contributed by atoms with Gasteiger partial charge in [-0.15, -0.1) is 11.3 Å². The van der Waals surface area contributed by atoms with Crippen LogP contribution in [0.3, 0.4) is 0 Å². The molecule has 0 radical (unpaired) electrons. The van der Waals surface area contributed by atoms with Gasteiger partial charge in [-0.05, 0) is 32.0 Å². The smallest absolute Gasteiger partial charge is 0.254 e. The number of hydrogen-bond donors (Lipinski definition) is 1. The number of nitrogens with zero attached hydrogens (tertiary/aromatic N) is 2. The molecule has 1 atom stereocenters. The Morgan fingerprint density at radius 1 is 1.52 bits per heavy atom. The Hall–Kier alpha value is -1.92. The Morgan fingerprint density at radius 2 is 2.39 bits per heavy atom. The molecule has 1 amide bonds. The molecule has 2 heterocycles. The van der Waals surface area contributed by atoms with Crippen molar-refractivity contribution < 1.29 is 9.53 Å². The highest BCUT2D eigenvalue weighted by molar-refractivity contribution is 7.09. The van der Waals surface area contributed by atoms with E-state index >= 15 is 0 Å². The van der Waals surface area contributed by atoms with Gasteiger partial charge >= 0.3 is 0 Å². The summed E-state index contributed by atoms with van der Waals surface area (Å²) in [5.41, 5.74) is 1.59. The molecule has 1 aromatic carbocycles. The number of carbonyl (C=O) groups is 1. The van der Waals surface area contributed by atoms with Gasteiger partial charge in [0.25, 0.3) is 5.91 Å². The third kappa shape index (κ3) is 3.89. The molecule has 1 aliphatic heterocycles. The Bertz CT molecular complexity index is 686. The van der Waals surface area contributed by atoms with Crippen molar-refractivity contribution in [2.45, 2.75) is 26.5 Å². The molecule has 23 heavy (non-hydrogen) atoms. The molecule has 122 valence electrons. The number of hydrogen-bond acceptors (Lipinski definition) is 5. The molecule has 0 saturated carbocycles. The number of benzene rings is 1. The van der Waals surface area contributed by atoms with Gasteiger partial charge in [-0.25, -0.2) is 4.98 Å². The number of ether oxygens (including phenoxy) is 1. The van der Waals surface area contributed by atoms with Gasteiger partial charge in [-0.3, -0.25) is 4.79 Å². The fraction of sp³-hybridized carbons (Fsp3) is 0.412. The van der Waals surface area contributed by atoms with E-state index in [0.29, 0.717) is 17.9 Å². The van der Waals surface area contributed by atoms with Crippen LogP contribution in [0.4, 0.5) is 0 Å². The van der Waals surface area contributed by atoms with Gasteiger partial charge in [0.05, 0.1) is 10.7 Å². The monoisotopic (exact) mass is 331 g/mol. The number of rotatable bonds is 4. The van der Waals surface area contributed by atoms with Gasteiger partial charge < -0.3 is 15.0 Å². The summed E-state index contributed by atoms with van der Waals surface area (Å²) in [4.78, 5) is 19.0. The first kappa shape index (κ1) is 16.0. The Morgan fingerprint density at radius 3 is 3.13 bits per heavy atom. The van der Waals surface area contributed by atoms with Crippen LogP contribution < -0.4 is 10.1 Å². The van der Waals surface area contributed by atoms with E-state index in [1.807, 2.05) is 41.5 Å². The standard InChI is InChI=1S/C17H21N3O2S/c1-12-9-18-6-7-20(12)17(21)14-4-3-5-16(8-14)22-10-15-11-23-13(2)19-15/h3-5,8,11-12,18H,6-7,9-10H2,1-2H3/t12-/m1/s1. The lowest BCUT2D eigenvalue weighted by Gasteiger charge is -2.34. The number of amides is 1. The summed E-state index contributed by atoms with van der Waals surface area (Å²) >= 11 is 1.61. The van der Waals surface area contributed by atoms with Gasteiger partial charge in [0, 0.05) is 36.6 Å². The predicted molar refractivity (Wildman–Crippen MR) is 91.0 cm³/mol. The molecule has 1 saturated heterocycles. The third-order valence-corrected chi connectivity index (χ3v) is 4.72. The lowest BCUT2D eigenvalue weighted by molar-refractivity contribution is 0.0655. The maximum absolute atomic E-state index is 12.7. The first-order valence-corrected chi connectivity index (χ1v) is 8.67. The Kier molecular flexibility index (Phi) is 4.93. The predicted octanol–water partition coefficient (Wildman–Crippen LogP) is 2.46. The number of thiazole rings is 1. The number of nitrogens with one attached hydrogen (secondary N) is 1. The summed E-state index contributed by atoms with van der Waals surface area (Å²) in [5, 5.41) is 6.32. The molecule has 0 aliphatic carbocycles. The molecule has 6 heteroatoms. The second-order valence-corrected chi connectivity index (χ2v) is 6.79. The molecule has 1 aromatic heterocycles. The fourth-order valence-electron chi connectivity index (χ4n) is 2.66. The minimum absolute atomic E-state index is 0.0638. The Balaban J connectivity index is 1.67. The van der Waals surface area contributed by atoms with Gasteiger partial charge in [-0.1, -0.05) is 6.07 Å². The van der Waals surface area contributed by atoms with E-state index < -0.39 is 0 Å². The summed E-state index contributed by atoms with van der Waals surface area (Å²) in [7, 11) is 0. The molecule has 1 aliphatic rings. The molecule has 0 bridgehead atoms. The van der Waals surface area contributed by atoms with E-state index in [1.54, 1.807) is 11.3 Å². The molecule has 0 spiro atoms. The highest BCUT2D eigenvalue weighted by Gasteiger charge is 2.24. The zero-order valence-electron chi connectivity index (χ0n) is 13.4. The van der Waals surface area contributed by atoms with E-state index in [2.05, 4.69) is 17.2 Å². The van der Waals surface area contributed by atoms with E-state index in [-0.39, 0.29) is 11.9 Å². The molecule has 0 unspecified atom stereocenters. The van der Waals surface area contributed by atoms with Crippen LogP contribution >= 0.6 is 11.3 Å². The lowest BCUT2D eigenvalue weighted by Crippen LogP contribution is -2.52. The van der Waals surface area contributed by atoms with Crippen LogP contribution in [-0.4, -0.2) is 41.5 Å². The van der Waals surface area contributed by atoms with Crippen LogP contribution in [0.15, 0.2) is 29.6 Å². The number of piperazine rings is 1. The van der Waals surface area contributed by atoms with Crippen molar-refractivity contribution in [3.63, 3.8) is 0 Å². The summed E-state index contributed by atoms with van der Waals surface area (Å²) in [6.45, 7) is 6.88.